The minimum atomic E-state index is -0.266. The molecule has 2 aromatic heterocycles. The van der Waals surface area contributed by atoms with Gasteiger partial charge < -0.3 is 9.72 Å². The number of unbranched alkanes of at least 4 members (excludes halogenated alkanes) is 2. The summed E-state index contributed by atoms with van der Waals surface area (Å²) in [6.45, 7) is 0.492. The SMILES string of the molecule is COCCc1nc2c(C#CCCCCCl)[nH]nc2c(=O)[nH]1. The third kappa shape index (κ3) is 4.06. The van der Waals surface area contributed by atoms with Crippen molar-refractivity contribution in [1.82, 2.24) is 20.2 Å². The molecule has 2 heterocycles. The fourth-order valence-corrected chi connectivity index (χ4v) is 2.01. The molecule has 0 amide bonds. The summed E-state index contributed by atoms with van der Waals surface area (Å²) in [5, 5.41) is 6.73. The molecular weight excluding hydrogens is 292 g/mol. The lowest BCUT2D eigenvalue weighted by Gasteiger charge is -1.99. The number of fused-ring (bicyclic) bond motifs is 1. The summed E-state index contributed by atoms with van der Waals surface area (Å²) in [7, 11) is 1.60. The minimum absolute atomic E-state index is 0.266. The second kappa shape index (κ2) is 7.81. The van der Waals surface area contributed by atoms with Gasteiger partial charge in [0.1, 0.15) is 17.0 Å². The summed E-state index contributed by atoms with van der Waals surface area (Å²) >= 11 is 5.61. The molecule has 0 atom stereocenters. The molecule has 6 nitrogen and oxygen atoms in total. The molecule has 0 fully saturated rings. The molecule has 2 rings (SSSR count). The van der Waals surface area contributed by atoms with Crippen LogP contribution in [0.5, 0.6) is 0 Å². The number of hydrogen-bond acceptors (Lipinski definition) is 4. The zero-order valence-corrected chi connectivity index (χ0v) is 12.6. The van der Waals surface area contributed by atoms with E-state index < -0.39 is 0 Å². The number of methoxy groups -OCH3 is 1. The first-order chi connectivity index (χ1) is 10.3. The number of H-pyrrole nitrogens is 2. The van der Waals surface area contributed by atoms with Crippen molar-refractivity contribution in [2.45, 2.75) is 25.7 Å². The predicted octanol–water partition coefficient (Wildman–Crippen LogP) is 1.60. The number of rotatable bonds is 6. The number of nitrogens with zero attached hydrogens (tertiary/aromatic N) is 2. The molecular formula is C14H17ClN4O2. The third-order valence-corrected chi connectivity index (χ3v) is 3.17. The van der Waals surface area contributed by atoms with Crippen molar-refractivity contribution in [1.29, 1.82) is 0 Å². The zero-order chi connectivity index (χ0) is 15.1. The van der Waals surface area contributed by atoms with Gasteiger partial charge in [-0.25, -0.2) is 4.98 Å². The van der Waals surface area contributed by atoms with Gasteiger partial charge in [-0.2, -0.15) is 5.10 Å². The number of nitrogens with one attached hydrogen (secondary N) is 2. The average molecular weight is 309 g/mol. The summed E-state index contributed by atoms with van der Waals surface area (Å²) in [4.78, 5) is 19.0. The Bertz CT molecular complexity index is 711. The fourth-order valence-electron chi connectivity index (χ4n) is 1.82. The Kier molecular flexibility index (Phi) is 5.78. The van der Waals surface area contributed by atoms with E-state index in [4.69, 9.17) is 16.3 Å². The maximum absolute atomic E-state index is 11.9. The molecule has 21 heavy (non-hydrogen) atoms. The van der Waals surface area contributed by atoms with Crippen molar-refractivity contribution in [2.24, 2.45) is 0 Å². The van der Waals surface area contributed by atoms with Crippen molar-refractivity contribution in [3.8, 4) is 11.8 Å². The van der Waals surface area contributed by atoms with Crippen LogP contribution in [0.3, 0.4) is 0 Å². The largest absolute Gasteiger partial charge is 0.384 e. The number of ether oxygens (including phenoxy) is 1. The van der Waals surface area contributed by atoms with Crippen LogP contribution in [0.2, 0.25) is 0 Å². The minimum Gasteiger partial charge on any atom is -0.384 e. The van der Waals surface area contributed by atoms with E-state index >= 15 is 0 Å². The van der Waals surface area contributed by atoms with Gasteiger partial charge in [-0.15, -0.1) is 11.6 Å². The van der Waals surface area contributed by atoms with E-state index in [0.29, 0.717) is 35.9 Å². The fraction of sp³-hybridized carbons (Fsp3) is 0.500. The normalized spacial score (nSPS) is 10.6. The lowest BCUT2D eigenvalue weighted by Crippen LogP contribution is -2.13. The number of aromatic amines is 2. The number of aromatic nitrogens is 4. The maximum Gasteiger partial charge on any atom is 0.279 e. The molecule has 0 radical (unpaired) electrons. The number of halogens is 1. The first kappa shape index (κ1) is 15.5. The maximum atomic E-state index is 11.9. The highest BCUT2D eigenvalue weighted by atomic mass is 35.5. The van der Waals surface area contributed by atoms with Gasteiger partial charge in [0.2, 0.25) is 0 Å². The molecule has 0 aliphatic rings. The number of hydrogen-bond donors (Lipinski definition) is 2. The second-order valence-electron chi connectivity index (χ2n) is 4.50. The van der Waals surface area contributed by atoms with Crippen LogP contribution < -0.4 is 5.56 Å². The van der Waals surface area contributed by atoms with Crippen LogP contribution >= 0.6 is 11.6 Å². The lowest BCUT2D eigenvalue weighted by atomic mass is 10.2. The van der Waals surface area contributed by atoms with Gasteiger partial charge in [-0.1, -0.05) is 5.92 Å². The Morgan fingerprint density at radius 1 is 1.33 bits per heavy atom. The van der Waals surface area contributed by atoms with Crippen molar-refractivity contribution < 1.29 is 4.74 Å². The highest BCUT2D eigenvalue weighted by molar-refractivity contribution is 6.17. The Hall–Kier alpha value is -1.84. The van der Waals surface area contributed by atoms with Gasteiger partial charge >= 0.3 is 0 Å². The number of alkyl halides is 1. The van der Waals surface area contributed by atoms with Crippen molar-refractivity contribution in [2.75, 3.05) is 19.6 Å². The molecule has 0 spiro atoms. The van der Waals surface area contributed by atoms with Gasteiger partial charge in [0.25, 0.3) is 5.56 Å². The van der Waals surface area contributed by atoms with Crippen LogP contribution in [0.4, 0.5) is 0 Å². The standard InChI is InChI=1S/C14H17ClN4O2/c1-21-9-7-11-16-12-10(6-4-2-3-5-8-15)18-19-13(12)14(20)17-11/h2-3,5,7-9H2,1H3,(H,18,19)(H,16,17,20). The third-order valence-electron chi connectivity index (χ3n) is 2.90. The summed E-state index contributed by atoms with van der Waals surface area (Å²) in [6.07, 6.45) is 3.19. The van der Waals surface area contributed by atoms with E-state index in [9.17, 15) is 4.79 Å². The molecule has 0 aliphatic carbocycles. The molecule has 112 valence electrons. The summed E-state index contributed by atoms with van der Waals surface area (Å²) in [5.74, 6) is 7.24. The first-order valence-electron chi connectivity index (χ1n) is 6.77. The topological polar surface area (TPSA) is 83.7 Å². The summed E-state index contributed by atoms with van der Waals surface area (Å²) < 4.78 is 4.99. The summed E-state index contributed by atoms with van der Waals surface area (Å²) in [5.41, 5.74) is 1.09. The van der Waals surface area contributed by atoms with Crippen LogP contribution in [0.15, 0.2) is 4.79 Å². The Labute approximate surface area is 127 Å². The Morgan fingerprint density at radius 2 is 2.19 bits per heavy atom. The van der Waals surface area contributed by atoms with Crippen LogP contribution in [-0.2, 0) is 11.2 Å². The molecule has 2 aromatic rings. The molecule has 0 aliphatic heterocycles. The molecule has 0 unspecified atom stereocenters. The highest BCUT2D eigenvalue weighted by Gasteiger charge is 2.10. The van der Waals surface area contributed by atoms with E-state index in [-0.39, 0.29) is 11.1 Å². The molecule has 7 heteroatoms. The highest BCUT2D eigenvalue weighted by Crippen LogP contribution is 2.08. The van der Waals surface area contributed by atoms with Crippen molar-refractivity contribution in [3.05, 3.63) is 21.9 Å². The predicted molar refractivity (Wildman–Crippen MR) is 81.5 cm³/mol. The first-order valence-corrected chi connectivity index (χ1v) is 7.30. The van der Waals surface area contributed by atoms with Gasteiger partial charge in [0, 0.05) is 25.8 Å². The zero-order valence-electron chi connectivity index (χ0n) is 11.8. The van der Waals surface area contributed by atoms with Crippen molar-refractivity contribution in [3.63, 3.8) is 0 Å². The van der Waals surface area contributed by atoms with Gasteiger partial charge in [-0.3, -0.25) is 9.89 Å². The Morgan fingerprint density at radius 3 is 2.95 bits per heavy atom. The molecule has 0 saturated heterocycles. The molecule has 2 N–H and O–H groups in total. The quantitative estimate of drug-likeness (QED) is 0.482. The van der Waals surface area contributed by atoms with E-state index in [1.807, 2.05) is 0 Å². The molecule has 0 bridgehead atoms. The summed E-state index contributed by atoms with van der Waals surface area (Å²) in [6, 6.07) is 0. The van der Waals surface area contributed by atoms with Crippen LogP contribution in [0, 0.1) is 11.8 Å². The van der Waals surface area contributed by atoms with E-state index in [1.165, 1.54) is 0 Å². The lowest BCUT2D eigenvalue weighted by molar-refractivity contribution is 0.200. The van der Waals surface area contributed by atoms with E-state index in [1.54, 1.807) is 7.11 Å². The van der Waals surface area contributed by atoms with Crippen LogP contribution in [0.1, 0.15) is 30.8 Å². The van der Waals surface area contributed by atoms with Crippen LogP contribution in [-0.4, -0.2) is 39.8 Å². The van der Waals surface area contributed by atoms with Gasteiger partial charge in [0.15, 0.2) is 5.52 Å². The van der Waals surface area contributed by atoms with E-state index in [2.05, 4.69) is 32.0 Å². The second-order valence-corrected chi connectivity index (χ2v) is 4.88. The van der Waals surface area contributed by atoms with Crippen molar-refractivity contribution >= 4 is 22.6 Å². The van der Waals surface area contributed by atoms with Gasteiger partial charge in [0.05, 0.1) is 6.61 Å². The Balaban J connectivity index is 2.24. The molecule has 0 aromatic carbocycles. The smallest absolute Gasteiger partial charge is 0.279 e. The van der Waals surface area contributed by atoms with E-state index in [0.717, 1.165) is 19.3 Å². The monoisotopic (exact) mass is 308 g/mol. The van der Waals surface area contributed by atoms with Gasteiger partial charge in [-0.05, 0) is 18.8 Å². The molecule has 0 saturated carbocycles. The average Bonchev–Trinajstić information content (AvgIpc) is 2.89. The van der Waals surface area contributed by atoms with Crippen LogP contribution in [0.25, 0.3) is 11.0 Å².